The molecule has 0 aliphatic heterocycles. The molecule has 5 heteroatoms. The van der Waals surface area contributed by atoms with E-state index in [1.54, 1.807) is 36.4 Å². The van der Waals surface area contributed by atoms with Gasteiger partial charge in [0.05, 0.1) is 6.10 Å². The fourth-order valence-corrected chi connectivity index (χ4v) is 2.93. The fourth-order valence-electron chi connectivity index (χ4n) is 2.73. The molecule has 0 saturated heterocycles. The van der Waals surface area contributed by atoms with Gasteiger partial charge in [-0.25, -0.2) is 4.39 Å². The molecule has 0 unspecified atom stereocenters. The van der Waals surface area contributed by atoms with Gasteiger partial charge in [-0.3, -0.25) is 0 Å². The van der Waals surface area contributed by atoms with Crippen LogP contribution in [-0.4, -0.2) is 11.7 Å². The smallest absolute Gasteiger partial charge is 0.129 e. The van der Waals surface area contributed by atoms with E-state index >= 15 is 0 Å². The van der Waals surface area contributed by atoms with E-state index in [2.05, 4.69) is 5.32 Å². The highest BCUT2D eigenvalue weighted by Gasteiger charge is 2.10. The van der Waals surface area contributed by atoms with Crippen LogP contribution in [0.4, 0.5) is 4.39 Å². The lowest BCUT2D eigenvalue weighted by Crippen LogP contribution is -2.21. The van der Waals surface area contributed by atoms with Gasteiger partial charge >= 0.3 is 0 Å². The molecule has 3 nitrogen and oxygen atoms in total. The van der Waals surface area contributed by atoms with Crippen molar-refractivity contribution >= 4 is 11.6 Å². The maximum atomic E-state index is 13.8. The van der Waals surface area contributed by atoms with Gasteiger partial charge in [-0.05, 0) is 29.8 Å². The number of hydrogen-bond donors (Lipinski definition) is 2. The van der Waals surface area contributed by atoms with Gasteiger partial charge in [0.2, 0.25) is 0 Å². The van der Waals surface area contributed by atoms with Crippen LogP contribution in [0, 0.1) is 5.82 Å². The van der Waals surface area contributed by atoms with Crippen LogP contribution in [-0.2, 0) is 13.2 Å². The molecule has 0 amide bonds. The van der Waals surface area contributed by atoms with Crippen molar-refractivity contribution in [2.45, 2.75) is 19.3 Å². The fraction of sp³-hybridized carbons (Fsp3) is 0.182. The molecule has 0 aromatic heterocycles. The molecule has 0 saturated carbocycles. The molecule has 0 spiro atoms. The topological polar surface area (TPSA) is 41.5 Å². The Bertz CT molecular complexity index is 873. The van der Waals surface area contributed by atoms with Crippen molar-refractivity contribution in [1.82, 2.24) is 5.32 Å². The average molecular weight is 386 g/mol. The van der Waals surface area contributed by atoms with Gasteiger partial charge in [-0.2, -0.15) is 0 Å². The quantitative estimate of drug-likeness (QED) is 0.580. The highest BCUT2D eigenvalue weighted by Crippen LogP contribution is 2.24. The first-order valence-corrected chi connectivity index (χ1v) is 9.09. The van der Waals surface area contributed by atoms with Gasteiger partial charge < -0.3 is 15.2 Å². The zero-order chi connectivity index (χ0) is 19.1. The van der Waals surface area contributed by atoms with E-state index in [1.165, 1.54) is 6.07 Å². The summed E-state index contributed by atoms with van der Waals surface area (Å²) < 4.78 is 19.6. The first kappa shape index (κ1) is 19.4. The maximum absolute atomic E-state index is 13.8. The van der Waals surface area contributed by atoms with E-state index < -0.39 is 6.10 Å². The minimum Gasteiger partial charge on any atom is -0.488 e. The van der Waals surface area contributed by atoms with E-state index in [0.29, 0.717) is 29.4 Å². The molecule has 3 rings (SSSR count). The Kier molecular flexibility index (Phi) is 6.82. The Hall–Kier alpha value is -2.40. The monoisotopic (exact) mass is 385 g/mol. The van der Waals surface area contributed by atoms with Crippen molar-refractivity contribution in [3.05, 3.63) is 100 Å². The summed E-state index contributed by atoms with van der Waals surface area (Å²) in [5, 5.41) is 14.0. The number of halogens is 2. The molecule has 140 valence electrons. The zero-order valence-electron chi connectivity index (χ0n) is 14.7. The summed E-state index contributed by atoms with van der Waals surface area (Å²) in [6, 6.07) is 21.3. The number of benzene rings is 3. The lowest BCUT2D eigenvalue weighted by molar-refractivity contribution is 0.174. The van der Waals surface area contributed by atoms with Crippen LogP contribution in [0.15, 0.2) is 72.8 Å². The number of aliphatic hydroxyl groups is 1. The molecule has 2 N–H and O–H groups in total. The van der Waals surface area contributed by atoms with Crippen molar-refractivity contribution in [3.8, 4) is 5.75 Å². The van der Waals surface area contributed by atoms with Crippen molar-refractivity contribution in [3.63, 3.8) is 0 Å². The van der Waals surface area contributed by atoms with Crippen molar-refractivity contribution in [2.75, 3.05) is 6.54 Å². The molecule has 0 fully saturated rings. The Labute approximate surface area is 163 Å². The van der Waals surface area contributed by atoms with Gasteiger partial charge in [0, 0.05) is 29.2 Å². The van der Waals surface area contributed by atoms with Gasteiger partial charge in [-0.15, -0.1) is 0 Å². The second-order valence-corrected chi connectivity index (χ2v) is 6.63. The third-order valence-electron chi connectivity index (χ3n) is 4.20. The van der Waals surface area contributed by atoms with Crippen molar-refractivity contribution < 1.29 is 14.2 Å². The Morgan fingerprint density at radius 3 is 2.48 bits per heavy atom. The molecule has 0 aliphatic rings. The molecule has 0 bridgehead atoms. The summed E-state index contributed by atoms with van der Waals surface area (Å²) in [7, 11) is 0. The standard InChI is InChI=1S/C22H21ClFNO2/c23-19-10-11-22(27-15-17-8-4-5-9-20(17)24)18(12-19)13-25-14-21(26)16-6-2-1-3-7-16/h1-12,21,25-26H,13-15H2/t21-/m0/s1. The molecular formula is C22H21ClFNO2. The van der Waals surface area contributed by atoms with Crippen LogP contribution in [0.2, 0.25) is 5.02 Å². The number of ether oxygens (including phenoxy) is 1. The molecule has 27 heavy (non-hydrogen) atoms. The van der Waals surface area contributed by atoms with Gasteiger partial charge in [0.1, 0.15) is 18.2 Å². The van der Waals surface area contributed by atoms with Crippen LogP contribution in [0.5, 0.6) is 5.75 Å². The Morgan fingerprint density at radius 2 is 1.70 bits per heavy atom. The van der Waals surface area contributed by atoms with E-state index in [1.807, 2.05) is 30.3 Å². The van der Waals surface area contributed by atoms with E-state index in [0.717, 1.165) is 11.1 Å². The minimum absolute atomic E-state index is 0.133. The van der Waals surface area contributed by atoms with Crippen LogP contribution in [0.1, 0.15) is 22.8 Å². The normalized spacial score (nSPS) is 12.0. The lowest BCUT2D eigenvalue weighted by atomic mass is 10.1. The Morgan fingerprint density at radius 1 is 0.963 bits per heavy atom. The zero-order valence-corrected chi connectivity index (χ0v) is 15.5. The number of aliphatic hydroxyl groups excluding tert-OH is 1. The molecule has 3 aromatic rings. The first-order chi connectivity index (χ1) is 13.1. The molecule has 0 radical (unpaired) electrons. The summed E-state index contributed by atoms with van der Waals surface area (Å²) in [6.07, 6.45) is -0.604. The second-order valence-electron chi connectivity index (χ2n) is 6.19. The van der Waals surface area contributed by atoms with Crippen molar-refractivity contribution in [2.24, 2.45) is 0 Å². The van der Waals surface area contributed by atoms with Crippen LogP contribution in [0.3, 0.4) is 0 Å². The van der Waals surface area contributed by atoms with E-state index in [-0.39, 0.29) is 12.4 Å². The summed E-state index contributed by atoms with van der Waals surface area (Å²) in [5.74, 6) is 0.335. The Balaban J connectivity index is 1.61. The summed E-state index contributed by atoms with van der Waals surface area (Å²) in [6.45, 7) is 0.994. The summed E-state index contributed by atoms with van der Waals surface area (Å²) in [4.78, 5) is 0. The largest absolute Gasteiger partial charge is 0.488 e. The van der Waals surface area contributed by atoms with Gasteiger partial charge in [0.15, 0.2) is 0 Å². The number of rotatable bonds is 8. The second kappa shape index (κ2) is 9.51. The third kappa shape index (κ3) is 5.54. The minimum atomic E-state index is -0.604. The molecule has 3 aromatic carbocycles. The highest BCUT2D eigenvalue weighted by molar-refractivity contribution is 6.30. The molecular weight excluding hydrogens is 365 g/mol. The summed E-state index contributed by atoms with van der Waals surface area (Å²) in [5.41, 5.74) is 2.19. The predicted molar refractivity (Wildman–Crippen MR) is 105 cm³/mol. The number of nitrogens with one attached hydrogen (secondary N) is 1. The SMILES string of the molecule is O[C@@H](CNCc1cc(Cl)ccc1OCc1ccccc1F)c1ccccc1. The molecule has 1 atom stereocenters. The third-order valence-corrected chi connectivity index (χ3v) is 4.44. The molecule has 0 aliphatic carbocycles. The van der Waals surface area contributed by atoms with Gasteiger partial charge in [-0.1, -0.05) is 60.1 Å². The highest BCUT2D eigenvalue weighted by atomic mass is 35.5. The number of hydrogen-bond acceptors (Lipinski definition) is 3. The maximum Gasteiger partial charge on any atom is 0.129 e. The molecule has 0 heterocycles. The predicted octanol–water partition coefficient (Wildman–Crippen LogP) is 4.88. The van der Waals surface area contributed by atoms with E-state index in [9.17, 15) is 9.50 Å². The van der Waals surface area contributed by atoms with Crippen LogP contribution >= 0.6 is 11.6 Å². The van der Waals surface area contributed by atoms with Crippen molar-refractivity contribution in [1.29, 1.82) is 0 Å². The van der Waals surface area contributed by atoms with Crippen LogP contribution in [0.25, 0.3) is 0 Å². The first-order valence-electron chi connectivity index (χ1n) is 8.72. The summed E-state index contributed by atoms with van der Waals surface area (Å²) >= 11 is 6.10. The van der Waals surface area contributed by atoms with Crippen LogP contribution < -0.4 is 10.1 Å². The lowest BCUT2D eigenvalue weighted by Gasteiger charge is -2.15. The van der Waals surface area contributed by atoms with E-state index in [4.69, 9.17) is 16.3 Å². The average Bonchev–Trinajstić information content (AvgIpc) is 2.69. The van der Waals surface area contributed by atoms with Gasteiger partial charge in [0.25, 0.3) is 0 Å².